The van der Waals surface area contributed by atoms with Crippen molar-refractivity contribution in [2.45, 2.75) is 37.1 Å². The Bertz CT molecular complexity index is 629. The van der Waals surface area contributed by atoms with Crippen LogP contribution in [-0.4, -0.2) is 41.6 Å². The van der Waals surface area contributed by atoms with Crippen LogP contribution >= 0.6 is 0 Å². The molecule has 1 fully saturated rings. The van der Waals surface area contributed by atoms with E-state index in [2.05, 4.69) is 0 Å². The number of benzene rings is 1. The summed E-state index contributed by atoms with van der Waals surface area (Å²) >= 11 is 0. The first kappa shape index (κ1) is 15.6. The van der Waals surface area contributed by atoms with Crippen LogP contribution in [0.4, 0.5) is 0 Å². The molecule has 3 rings (SSSR count). The maximum absolute atomic E-state index is 13.2. The van der Waals surface area contributed by atoms with Gasteiger partial charge in [-0.2, -0.15) is 0 Å². The molecule has 122 valence electrons. The molecule has 2 aliphatic rings. The van der Waals surface area contributed by atoms with E-state index in [1.54, 1.807) is 19.3 Å². The summed E-state index contributed by atoms with van der Waals surface area (Å²) in [4.78, 5) is 26.1. The lowest BCUT2D eigenvalue weighted by Crippen LogP contribution is -2.50. The molecule has 0 aromatic heterocycles. The van der Waals surface area contributed by atoms with Crippen molar-refractivity contribution in [3.8, 4) is 5.75 Å². The number of aliphatic carboxylic acids is 1. The quantitative estimate of drug-likeness (QED) is 0.866. The summed E-state index contributed by atoms with van der Waals surface area (Å²) < 4.78 is 5.19. The summed E-state index contributed by atoms with van der Waals surface area (Å²) in [7, 11) is 1.61. The average Bonchev–Trinajstić information content (AvgIpc) is 3.24. The van der Waals surface area contributed by atoms with E-state index >= 15 is 0 Å². The van der Waals surface area contributed by atoms with E-state index in [0.29, 0.717) is 6.54 Å². The molecule has 0 spiro atoms. The number of methoxy groups -OCH3 is 1. The lowest BCUT2D eigenvalue weighted by atomic mass is 9.77. The Morgan fingerprint density at radius 3 is 2.43 bits per heavy atom. The fourth-order valence-corrected chi connectivity index (χ4v) is 3.74. The van der Waals surface area contributed by atoms with Crippen LogP contribution in [0.2, 0.25) is 0 Å². The SMILES string of the molecule is COc1ccc(C2(C(=O)N3CC=CC3C(=O)O)CCCC2)cc1. The minimum Gasteiger partial charge on any atom is -0.497 e. The van der Waals surface area contributed by atoms with E-state index in [4.69, 9.17) is 4.74 Å². The van der Waals surface area contributed by atoms with Gasteiger partial charge in [0.25, 0.3) is 0 Å². The number of hydrogen-bond acceptors (Lipinski definition) is 3. The number of ether oxygens (including phenoxy) is 1. The minimum atomic E-state index is -0.977. The number of carbonyl (C=O) groups is 2. The molecule has 1 aromatic carbocycles. The van der Waals surface area contributed by atoms with Gasteiger partial charge in [0.15, 0.2) is 0 Å². The standard InChI is InChI=1S/C18H21NO4/c1-23-14-8-6-13(7-9-14)18(10-2-3-11-18)17(22)19-12-4-5-15(19)16(20)21/h4-9,15H,2-3,10-12H2,1H3,(H,20,21). The molecule has 1 heterocycles. The van der Waals surface area contributed by atoms with E-state index < -0.39 is 17.4 Å². The molecule has 1 atom stereocenters. The summed E-state index contributed by atoms with van der Waals surface area (Å²) in [6.45, 7) is 0.369. The van der Waals surface area contributed by atoms with Crippen molar-refractivity contribution in [1.82, 2.24) is 4.90 Å². The molecular weight excluding hydrogens is 294 g/mol. The third-order valence-electron chi connectivity index (χ3n) is 4.98. The van der Waals surface area contributed by atoms with E-state index in [0.717, 1.165) is 37.0 Å². The molecule has 0 bridgehead atoms. The van der Waals surface area contributed by atoms with Gasteiger partial charge in [0.05, 0.1) is 12.5 Å². The highest BCUT2D eigenvalue weighted by Crippen LogP contribution is 2.43. The fourth-order valence-electron chi connectivity index (χ4n) is 3.74. The first-order valence-corrected chi connectivity index (χ1v) is 7.93. The summed E-state index contributed by atoms with van der Waals surface area (Å²) in [5, 5.41) is 9.34. The Hall–Kier alpha value is -2.30. The van der Waals surface area contributed by atoms with Gasteiger partial charge in [-0.25, -0.2) is 4.79 Å². The molecule has 1 aliphatic carbocycles. The lowest BCUT2D eigenvalue weighted by Gasteiger charge is -2.34. The molecule has 5 heteroatoms. The number of rotatable bonds is 4. The summed E-state index contributed by atoms with van der Waals surface area (Å²) in [6, 6.07) is 6.74. The number of nitrogens with zero attached hydrogens (tertiary/aromatic N) is 1. The van der Waals surface area contributed by atoms with Gasteiger partial charge in [-0.05, 0) is 30.5 Å². The zero-order valence-electron chi connectivity index (χ0n) is 13.2. The topological polar surface area (TPSA) is 66.8 Å². The van der Waals surface area contributed by atoms with E-state index in [1.807, 2.05) is 24.3 Å². The maximum Gasteiger partial charge on any atom is 0.330 e. The Balaban J connectivity index is 1.94. The molecular formula is C18H21NO4. The Kier molecular flexibility index (Phi) is 4.11. The Morgan fingerprint density at radius 1 is 1.22 bits per heavy atom. The summed E-state index contributed by atoms with van der Waals surface area (Å²) in [5.41, 5.74) is 0.350. The number of carboxylic acid groups (broad SMARTS) is 1. The number of carboxylic acids is 1. The van der Waals surface area contributed by atoms with Gasteiger partial charge in [-0.3, -0.25) is 4.79 Å². The second kappa shape index (κ2) is 6.07. The zero-order chi connectivity index (χ0) is 16.4. The van der Waals surface area contributed by atoms with Crippen molar-refractivity contribution in [1.29, 1.82) is 0 Å². The van der Waals surface area contributed by atoms with Gasteiger partial charge in [0, 0.05) is 6.54 Å². The monoisotopic (exact) mass is 315 g/mol. The van der Waals surface area contributed by atoms with Crippen LogP contribution in [0.5, 0.6) is 5.75 Å². The normalized spacial score (nSPS) is 22.3. The molecule has 0 radical (unpaired) electrons. The van der Waals surface area contributed by atoms with Crippen molar-refractivity contribution >= 4 is 11.9 Å². The molecule has 0 saturated heterocycles. The van der Waals surface area contributed by atoms with Gasteiger partial charge in [0.1, 0.15) is 11.8 Å². The maximum atomic E-state index is 13.2. The van der Waals surface area contributed by atoms with Crippen LogP contribution in [0.25, 0.3) is 0 Å². The molecule has 1 aliphatic heterocycles. The third kappa shape index (κ3) is 2.60. The van der Waals surface area contributed by atoms with Crippen LogP contribution in [0.3, 0.4) is 0 Å². The van der Waals surface area contributed by atoms with E-state index in [1.165, 1.54) is 4.90 Å². The summed E-state index contributed by atoms with van der Waals surface area (Å²) in [5.74, 6) is -0.298. The van der Waals surface area contributed by atoms with Crippen LogP contribution < -0.4 is 4.74 Å². The molecule has 1 amide bonds. The van der Waals surface area contributed by atoms with Crippen molar-refractivity contribution in [2.24, 2.45) is 0 Å². The van der Waals surface area contributed by atoms with Crippen molar-refractivity contribution in [3.05, 3.63) is 42.0 Å². The van der Waals surface area contributed by atoms with E-state index in [-0.39, 0.29) is 5.91 Å². The predicted octanol–water partition coefficient (Wildman–Crippen LogP) is 2.36. The molecule has 1 N–H and O–H groups in total. The highest BCUT2D eigenvalue weighted by molar-refractivity contribution is 5.93. The van der Waals surface area contributed by atoms with Gasteiger partial charge < -0.3 is 14.7 Å². The lowest BCUT2D eigenvalue weighted by molar-refractivity contribution is -0.149. The van der Waals surface area contributed by atoms with Crippen molar-refractivity contribution in [2.75, 3.05) is 13.7 Å². The Morgan fingerprint density at radius 2 is 1.87 bits per heavy atom. The van der Waals surface area contributed by atoms with E-state index in [9.17, 15) is 14.7 Å². The van der Waals surface area contributed by atoms with Gasteiger partial charge >= 0.3 is 5.97 Å². The second-order valence-electron chi connectivity index (χ2n) is 6.19. The smallest absolute Gasteiger partial charge is 0.330 e. The predicted molar refractivity (Wildman–Crippen MR) is 85.4 cm³/mol. The van der Waals surface area contributed by atoms with Crippen molar-refractivity contribution in [3.63, 3.8) is 0 Å². The first-order valence-electron chi connectivity index (χ1n) is 7.93. The second-order valence-corrected chi connectivity index (χ2v) is 6.19. The van der Waals surface area contributed by atoms with Gasteiger partial charge in [-0.15, -0.1) is 0 Å². The minimum absolute atomic E-state index is 0.0717. The van der Waals surface area contributed by atoms with Gasteiger partial charge in [0.2, 0.25) is 5.91 Å². The number of carbonyl (C=O) groups excluding carboxylic acids is 1. The van der Waals surface area contributed by atoms with Crippen LogP contribution in [0, 0.1) is 0 Å². The number of amides is 1. The van der Waals surface area contributed by atoms with Crippen LogP contribution in [-0.2, 0) is 15.0 Å². The molecule has 1 aromatic rings. The third-order valence-corrected chi connectivity index (χ3v) is 4.98. The number of hydrogen-bond donors (Lipinski definition) is 1. The molecule has 5 nitrogen and oxygen atoms in total. The van der Waals surface area contributed by atoms with Crippen LogP contribution in [0.1, 0.15) is 31.2 Å². The molecule has 1 saturated carbocycles. The fraction of sp³-hybridized carbons (Fsp3) is 0.444. The van der Waals surface area contributed by atoms with Crippen molar-refractivity contribution < 1.29 is 19.4 Å². The highest BCUT2D eigenvalue weighted by Gasteiger charge is 2.47. The zero-order valence-corrected chi connectivity index (χ0v) is 13.2. The van der Waals surface area contributed by atoms with Crippen LogP contribution in [0.15, 0.2) is 36.4 Å². The summed E-state index contributed by atoms with van der Waals surface area (Å²) in [6.07, 6.45) is 6.85. The largest absolute Gasteiger partial charge is 0.497 e. The molecule has 1 unspecified atom stereocenters. The molecule has 23 heavy (non-hydrogen) atoms. The average molecular weight is 315 g/mol. The Labute approximate surface area is 135 Å². The first-order chi connectivity index (χ1) is 11.1. The van der Waals surface area contributed by atoms with Gasteiger partial charge in [-0.1, -0.05) is 37.1 Å². The highest BCUT2D eigenvalue weighted by atomic mass is 16.5.